The van der Waals surface area contributed by atoms with Gasteiger partial charge in [0.15, 0.2) is 0 Å². The van der Waals surface area contributed by atoms with E-state index in [9.17, 15) is 18.0 Å². The second-order valence-corrected chi connectivity index (χ2v) is 9.75. The van der Waals surface area contributed by atoms with E-state index < -0.39 is 11.9 Å². The van der Waals surface area contributed by atoms with E-state index >= 15 is 0 Å². The van der Waals surface area contributed by atoms with E-state index in [1.54, 1.807) is 0 Å². The number of fused-ring (bicyclic) bond motifs is 1. The molecule has 1 unspecified atom stereocenters. The summed E-state index contributed by atoms with van der Waals surface area (Å²) >= 11 is 0. The van der Waals surface area contributed by atoms with Crippen LogP contribution in [0.1, 0.15) is 35.4 Å². The molecule has 132 valence electrons. The molecule has 1 fully saturated rings. The molecule has 4 nitrogen and oxygen atoms in total. The average Bonchev–Trinajstić information content (AvgIpc) is 3.17. The van der Waals surface area contributed by atoms with Crippen molar-refractivity contribution < 1.29 is 18.0 Å². The van der Waals surface area contributed by atoms with Crippen molar-refractivity contribution in [3.05, 3.63) is 29.7 Å². The summed E-state index contributed by atoms with van der Waals surface area (Å²) in [6, 6.07) is 2.54. The van der Waals surface area contributed by atoms with Crippen LogP contribution in [0.5, 0.6) is 0 Å². The summed E-state index contributed by atoms with van der Waals surface area (Å²) in [5.41, 5.74) is -0.269. The number of hydrogen-bond acceptors (Lipinski definition) is 2. The molecule has 2 N–H and O–H groups in total. The highest BCUT2D eigenvalue weighted by Gasteiger charge is 2.37. The topological polar surface area (TPSA) is 57.8 Å². The van der Waals surface area contributed by atoms with Gasteiger partial charge < -0.3 is 10.3 Å². The number of alkyl halides is 3. The Bertz CT molecular complexity index is 787. The molecule has 3 rings (SSSR count). The fraction of sp³-hybridized carbons (Fsp3) is 0.500. The molecule has 0 saturated heterocycles. The second-order valence-electron chi connectivity index (χ2n) is 6.33. The maximum absolute atomic E-state index is 12.7. The zero-order valence-corrected chi connectivity index (χ0v) is 15.9. The molecule has 0 aliphatic heterocycles. The number of hydrogen-bond donors (Lipinski definition) is 2. The lowest BCUT2D eigenvalue weighted by molar-refractivity contribution is -0.141. The number of halogens is 3. The van der Waals surface area contributed by atoms with Crippen LogP contribution in [-0.2, 0) is 6.18 Å². The zero-order valence-electron chi connectivity index (χ0n) is 13.9. The van der Waals surface area contributed by atoms with E-state index in [4.69, 9.17) is 0 Å². The molecular formula is C16H18F3N3OSi2. The molecule has 1 saturated carbocycles. The average molecular weight is 382 g/mol. The number of amides is 1. The van der Waals surface area contributed by atoms with Gasteiger partial charge in [-0.1, -0.05) is 19.5 Å². The monoisotopic (exact) mass is 381 g/mol. The molecule has 9 heteroatoms. The van der Waals surface area contributed by atoms with Gasteiger partial charge in [0.05, 0.1) is 11.7 Å². The predicted molar refractivity (Wildman–Crippen MR) is 92.1 cm³/mol. The van der Waals surface area contributed by atoms with Crippen LogP contribution < -0.4 is 5.32 Å². The molecule has 0 aromatic carbocycles. The number of aromatic nitrogens is 2. The quantitative estimate of drug-likeness (QED) is 0.797. The molecule has 2 aromatic rings. The van der Waals surface area contributed by atoms with Crippen LogP contribution in [0.2, 0.25) is 17.8 Å². The Morgan fingerprint density at radius 1 is 1.36 bits per heavy atom. The van der Waals surface area contributed by atoms with E-state index in [1.165, 1.54) is 6.07 Å². The van der Waals surface area contributed by atoms with E-state index in [-0.39, 0.29) is 17.6 Å². The minimum atomic E-state index is -4.50. The molecule has 25 heavy (non-hydrogen) atoms. The van der Waals surface area contributed by atoms with Crippen molar-refractivity contribution in [2.45, 2.75) is 49.2 Å². The predicted octanol–water partition coefficient (Wildman–Crippen LogP) is 3.48. The molecular weight excluding hydrogens is 363 g/mol. The van der Waals surface area contributed by atoms with Gasteiger partial charge in [-0.25, -0.2) is 4.98 Å². The van der Waals surface area contributed by atoms with Gasteiger partial charge in [-0.05, 0) is 29.6 Å². The Hall–Kier alpha value is -1.62. The van der Waals surface area contributed by atoms with Gasteiger partial charge in [0.2, 0.25) is 0 Å². The lowest BCUT2D eigenvalue weighted by Gasteiger charge is -2.24. The van der Waals surface area contributed by atoms with Crippen molar-refractivity contribution in [3.63, 3.8) is 0 Å². The standard InChI is InChI=1S/C16H18F3N3OSi2/c1-24-15(25-2)4-3-10(7-15)21-14(23)11-5-9-6-13(16(17,18)19)20-8-12(9)22-11/h5-6,8,10,22H,3-4,7H2,1-2H3,(H,21,23). The van der Waals surface area contributed by atoms with E-state index in [1.807, 2.05) is 0 Å². The Morgan fingerprint density at radius 3 is 2.68 bits per heavy atom. The van der Waals surface area contributed by atoms with Gasteiger partial charge in [0.25, 0.3) is 5.91 Å². The van der Waals surface area contributed by atoms with E-state index in [0.29, 0.717) is 15.6 Å². The summed E-state index contributed by atoms with van der Waals surface area (Å²) in [5, 5.41) is 3.35. The third-order valence-electron chi connectivity index (χ3n) is 4.85. The van der Waals surface area contributed by atoms with Crippen LogP contribution in [0.4, 0.5) is 13.2 Å². The van der Waals surface area contributed by atoms with Crippen LogP contribution in [0.25, 0.3) is 10.9 Å². The number of carbonyl (C=O) groups is 1. The summed E-state index contributed by atoms with van der Waals surface area (Å²) in [6.45, 7) is 4.42. The van der Waals surface area contributed by atoms with Crippen LogP contribution in [0.15, 0.2) is 18.3 Å². The fourth-order valence-corrected chi connectivity index (χ4v) is 6.01. The first-order valence-electron chi connectivity index (χ1n) is 8.01. The molecule has 4 radical (unpaired) electrons. The van der Waals surface area contributed by atoms with Gasteiger partial charge in [0, 0.05) is 30.5 Å². The van der Waals surface area contributed by atoms with Gasteiger partial charge in [-0.2, -0.15) is 13.2 Å². The molecule has 1 aliphatic carbocycles. The summed E-state index contributed by atoms with van der Waals surface area (Å²) in [4.78, 5) is 18.7. The van der Waals surface area contributed by atoms with Crippen LogP contribution >= 0.6 is 0 Å². The van der Waals surface area contributed by atoms with Crippen molar-refractivity contribution in [3.8, 4) is 0 Å². The van der Waals surface area contributed by atoms with Gasteiger partial charge in [0.1, 0.15) is 11.4 Å². The Morgan fingerprint density at radius 2 is 2.08 bits per heavy atom. The molecule has 0 bridgehead atoms. The van der Waals surface area contributed by atoms with Crippen molar-refractivity contribution in [1.82, 2.24) is 15.3 Å². The molecule has 1 atom stereocenters. The highest BCUT2D eigenvalue weighted by molar-refractivity contribution is 6.60. The second kappa shape index (κ2) is 6.60. The Labute approximate surface area is 148 Å². The van der Waals surface area contributed by atoms with Crippen molar-refractivity contribution in [2.75, 3.05) is 0 Å². The number of carbonyl (C=O) groups excluding carboxylic acids is 1. The van der Waals surface area contributed by atoms with Gasteiger partial charge in [-0.3, -0.25) is 4.79 Å². The van der Waals surface area contributed by atoms with Gasteiger partial charge in [-0.15, -0.1) is 0 Å². The molecule has 2 heterocycles. The summed E-state index contributed by atoms with van der Waals surface area (Å²) < 4.78 is 38.6. The normalized spacial score (nSPS) is 20.1. The number of aromatic amines is 1. The minimum Gasteiger partial charge on any atom is -0.349 e. The lowest BCUT2D eigenvalue weighted by Crippen LogP contribution is -2.34. The third-order valence-corrected chi connectivity index (χ3v) is 9.17. The maximum Gasteiger partial charge on any atom is 0.433 e. The number of pyridine rings is 1. The van der Waals surface area contributed by atoms with E-state index in [2.05, 4.69) is 28.4 Å². The largest absolute Gasteiger partial charge is 0.433 e. The fourth-order valence-electron chi connectivity index (χ4n) is 3.32. The van der Waals surface area contributed by atoms with Gasteiger partial charge >= 0.3 is 6.18 Å². The first-order chi connectivity index (χ1) is 11.8. The first-order valence-corrected chi connectivity index (χ1v) is 11.0. The summed E-state index contributed by atoms with van der Waals surface area (Å²) in [7, 11) is 1.71. The Balaban J connectivity index is 1.75. The lowest BCUT2D eigenvalue weighted by atomic mass is 10.2. The number of nitrogens with zero attached hydrogens (tertiary/aromatic N) is 1. The van der Waals surface area contributed by atoms with Crippen molar-refractivity contribution >= 4 is 35.8 Å². The van der Waals surface area contributed by atoms with Crippen molar-refractivity contribution in [2.24, 2.45) is 0 Å². The number of nitrogens with one attached hydrogen (secondary N) is 2. The minimum absolute atomic E-state index is 0.127. The summed E-state index contributed by atoms with van der Waals surface area (Å²) in [5.74, 6) is -0.274. The highest BCUT2D eigenvalue weighted by atomic mass is 28.3. The molecule has 0 spiro atoms. The number of rotatable bonds is 4. The smallest absolute Gasteiger partial charge is 0.349 e. The maximum atomic E-state index is 12.7. The molecule has 1 aliphatic rings. The third kappa shape index (κ3) is 3.66. The number of H-pyrrole nitrogens is 1. The molecule has 2 aromatic heterocycles. The Kier molecular flexibility index (Phi) is 4.80. The molecule has 1 amide bonds. The van der Waals surface area contributed by atoms with Crippen molar-refractivity contribution in [1.29, 1.82) is 0 Å². The SMILES string of the molecule is C[Si]C1([Si]C)CCC(NC(=O)c2cc3cc(C(F)(F)F)ncc3[nH]2)C1. The van der Waals surface area contributed by atoms with Crippen LogP contribution in [0, 0.1) is 0 Å². The summed E-state index contributed by atoms with van der Waals surface area (Å²) in [6.07, 6.45) is -0.335. The van der Waals surface area contributed by atoms with Crippen LogP contribution in [-0.4, -0.2) is 41.0 Å². The highest BCUT2D eigenvalue weighted by Crippen LogP contribution is 2.43. The van der Waals surface area contributed by atoms with Crippen LogP contribution in [0.3, 0.4) is 0 Å². The zero-order chi connectivity index (χ0) is 18.2. The van der Waals surface area contributed by atoms with E-state index in [0.717, 1.165) is 50.6 Å². The first kappa shape index (κ1) is 18.2.